The van der Waals surface area contributed by atoms with Crippen molar-refractivity contribution in [2.75, 3.05) is 0 Å². The molecule has 1 aromatic heterocycles. The van der Waals surface area contributed by atoms with E-state index < -0.39 is 12.0 Å². The fourth-order valence-electron chi connectivity index (χ4n) is 3.67. The van der Waals surface area contributed by atoms with Gasteiger partial charge in [-0.1, -0.05) is 20.3 Å². The van der Waals surface area contributed by atoms with Crippen molar-refractivity contribution in [1.29, 1.82) is 0 Å². The monoisotopic (exact) mass is 291 g/mol. The van der Waals surface area contributed by atoms with E-state index in [4.69, 9.17) is 0 Å². The molecule has 2 aliphatic rings. The quantitative estimate of drug-likeness (QED) is 0.866. The second-order valence-corrected chi connectivity index (χ2v) is 6.79. The molecule has 1 aromatic rings. The van der Waals surface area contributed by atoms with Crippen LogP contribution in [0.5, 0.6) is 0 Å². The molecule has 6 heteroatoms. The maximum atomic E-state index is 12.9. The SMILES string of the molecule is CC1(C)CCCC1C(=O)N1Cc2[nH]cnc2CC1C(=O)O. The number of nitrogens with one attached hydrogen (secondary N) is 1. The van der Waals surface area contributed by atoms with E-state index in [1.165, 1.54) is 4.90 Å². The minimum Gasteiger partial charge on any atom is -0.480 e. The fourth-order valence-corrected chi connectivity index (χ4v) is 3.67. The van der Waals surface area contributed by atoms with Gasteiger partial charge in [0.2, 0.25) is 5.91 Å². The predicted octanol–water partition coefficient (Wildman–Crippen LogP) is 1.57. The molecular formula is C15H21N3O3. The highest BCUT2D eigenvalue weighted by molar-refractivity contribution is 5.86. The molecular weight excluding hydrogens is 270 g/mol. The minimum absolute atomic E-state index is 0.0230. The first kappa shape index (κ1) is 14.1. The van der Waals surface area contributed by atoms with Gasteiger partial charge in [0.25, 0.3) is 0 Å². The Kier molecular flexibility index (Phi) is 3.26. The molecule has 2 heterocycles. The molecule has 2 atom stereocenters. The highest BCUT2D eigenvalue weighted by Gasteiger charge is 2.45. The van der Waals surface area contributed by atoms with Crippen LogP contribution in [0.15, 0.2) is 6.33 Å². The average Bonchev–Trinajstić information content (AvgIpc) is 3.01. The third-order valence-corrected chi connectivity index (χ3v) is 5.02. The molecule has 1 fully saturated rings. The van der Waals surface area contributed by atoms with E-state index in [2.05, 4.69) is 23.8 Å². The van der Waals surface area contributed by atoms with Gasteiger partial charge < -0.3 is 15.0 Å². The van der Waals surface area contributed by atoms with Crippen molar-refractivity contribution < 1.29 is 14.7 Å². The predicted molar refractivity (Wildman–Crippen MR) is 75.4 cm³/mol. The van der Waals surface area contributed by atoms with Gasteiger partial charge in [0.1, 0.15) is 6.04 Å². The third kappa shape index (κ3) is 2.32. The van der Waals surface area contributed by atoms with Crippen molar-refractivity contribution in [3.63, 3.8) is 0 Å². The number of H-pyrrole nitrogens is 1. The Morgan fingerprint density at radius 1 is 1.48 bits per heavy atom. The zero-order valence-electron chi connectivity index (χ0n) is 12.4. The lowest BCUT2D eigenvalue weighted by Crippen LogP contribution is -2.52. The molecule has 114 valence electrons. The van der Waals surface area contributed by atoms with Crippen LogP contribution in [0, 0.1) is 11.3 Å². The first-order valence-corrected chi connectivity index (χ1v) is 7.44. The van der Waals surface area contributed by atoms with Crippen LogP contribution in [0.2, 0.25) is 0 Å². The first-order chi connectivity index (χ1) is 9.90. The molecule has 6 nitrogen and oxygen atoms in total. The number of aliphatic carboxylic acids is 1. The van der Waals surface area contributed by atoms with Crippen LogP contribution < -0.4 is 0 Å². The van der Waals surface area contributed by atoms with Crippen LogP contribution in [-0.4, -0.2) is 37.9 Å². The lowest BCUT2D eigenvalue weighted by Gasteiger charge is -2.37. The van der Waals surface area contributed by atoms with Gasteiger partial charge in [-0.2, -0.15) is 0 Å². The second-order valence-electron chi connectivity index (χ2n) is 6.79. The lowest BCUT2D eigenvalue weighted by molar-refractivity contribution is -0.154. The summed E-state index contributed by atoms with van der Waals surface area (Å²) in [5.74, 6) is -1.05. The topological polar surface area (TPSA) is 86.3 Å². The summed E-state index contributed by atoms with van der Waals surface area (Å²) in [7, 11) is 0. The Morgan fingerprint density at radius 3 is 2.86 bits per heavy atom. The number of amides is 1. The third-order valence-electron chi connectivity index (χ3n) is 5.02. The summed E-state index contributed by atoms with van der Waals surface area (Å²) in [6.07, 6.45) is 4.75. The van der Waals surface area contributed by atoms with E-state index in [1.807, 2.05) is 0 Å². The summed E-state index contributed by atoms with van der Waals surface area (Å²) in [6, 6.07) is -0.801. The molecule has 0 bridgehead atoms. The van der Waals surface area contributed by atoms with Gasteiger partial charge in [0.05, 0.1) is 24.3 Å². The van der Waals surface area contributed by atoms with Crippen LogP contribution in [0.25, 0.3) is 0 Å². The van der Waals surface area contributed by atoms with Gasteiger partial charge in [-0.15, -0.1) is 0 Å². The van der Waals surface area contributed by atoms with Crippen LogP contribution in [0.1, 0.15) is 44.5 Å². The first-order valence-electron chi connectivity index (χ1n) is 7.44. The highest BCUT2D eigenvalue weighted by Crippen LogP contribution is 2.44. The number of carboxylic acid groups (broad SMARTS) is 1. The smallest absolute Gasteiger partial charge is 0.326 e. The number of carbonyl (C=O) groups excluding carboxylic acids is 1. The summed E-state index contributed by atoms with van der Waals surface area (Å²) < 4.78 is 0. The van der Waals surface area contributed by atoms with E-state index in [1.54, 1.807) is 6.33 Å². The summed E-state index contributed by atoms with van der Waals surface area (Å²) in [5, 5.41) is 9.46. The van der Waals surface area contributed by atoms with Gasteiger partial charge in [0.15, 0.2) is 0 Å². The standard InChI is InChI=1S/C15H21N3O3/c1-15(2)5-3-4-9(15)13(19)18-7-11-10(16-8-17-11)6-12(18)14(20)21/h8-9,12H,3-7H2,1-2H3,(H,16,17)(H,20,21). The van der Waals surface area contributed by atoms with Crippen LogP contribution in [0.4, 0.5) is 0 Å². The Bertz CT molecular complexity index is 578. The van der Waals surface area contributed by atoms with Crippen molar-refractivity contribution in [2.24, 2.45) is 11.3 Å². The number of aromatic nitrogens is 2. The zero-order chi connectivity index (χ0) is 15.2. The lowest BCUT2D eigenvalue weighted by atomic mass is 9.80. The largest absolute Gasteiger partial charge is 0.480 e. The maximum absolute atomic E-state index is 12.9. The minimum atomic E-state index is -0.951. The number of aromatic amines is 1. The normalized spacial score (nSPS) is 27.4. The Labute approximate surface area is 123 Å². The van der Waals surface area contributed by atoms with Gasteiger partial charge in [-0.25, -0.2) is 9.78 Å². The summed E-state index contributed by atoms with van der Waals surface area (Å²) in [4.78, 5) is 33.1. The molecule has 21 heavy (non-hydrogen) atoms. The number of hydrogen-bond donors (Lipinski definition) is 2. The molecule has 1 aliphatic heterocycles. The number of carboxylic acids is 1. The van der Waals surface area contributed by atoms with E-state index >= 15 is 0 Å². The molecule has 0 radical (unpaired) electrons. The summed E-state index contributed by atoms with van der Waals surface area (Å²) in [6.45, 7) is 4.52. The van der Waals surface area contributed by atoms with Gasteiger partial charge in [0, 0.05) is 12.3 Å². The molecule has 0 saturated heterocycles. The van der Waals surface area contributed by atoms with Crippen molar-refractivity contribution >= 4 is 11.9 Å². The van der Waals surface area contributed by atoms with Crippen molar-refractivity contribution in [2.45, 2.75) is 52.1 Å². The number of carbonyl (C=O) groups is 2. The Morgan fingerprint density at radius 2 is 2.24 bits per heavy atom. The number of rotatable bonds is 2. The van der Waals surface area contributed by atoms with Crippen LogP contribution in [-0.2, 0) is 22.6 Å². The molecule has 0 aromatic carbocycles. The van der Waals surface area contributed by atoms with Crippen LogP contribution in [0.3, 0.4) is 0 Å². The number of nitrogens with zero attached hydrogens (tertiary/aromatic N) is 2. The molecule has 1 saturated carbocycles. The van der Waals surface area contributed by atoms with Gasteiger partial charge >= 0.3 is 5.97 Å². The van der Waals surface area contributed by atoms with E-state index in [0.29, 0.717) is 6.54 Å². The number of hydrogen-bond acceptors (Lipinski definition) is 3. The Balaban J connectivity index is 1.89. The molecule has 1 amide bonds. The van der Waals surface area contributed by atoms with Gasteiger partial charge in [-0.05, 0) is 18.3 Å². The molecule has 0 spiro atoms. The van der Waals surface area contributed by atoms with Crippen molar-refractivity contribution in [3.05, 3.63) is 17.7 Å². The fraction of sp³-hybridized carbons (Fsp3) is 0.667. The second kappa shape index (κ2) is 4.86. The number of imidazole rings is 1. The van der Waals surface area contributed by atoms with E-state index in [-0.39, 0.29) is 23.7 Å². The number of fused-ring (bicyclic) bond motifs is 1. The van der Waals surface area contributed by atoms with Crippen molar-refractivity contribution in [3.8, 4) is 0 Å². The van der Waals surface area contributed by atoms with Gasteiger partial charge in [-0.3, -0.25) is 4.79 Å². The Hall–Kier alpha value is -1.85. The summed E-state index contributed by atoms with van der Waals surface area (Å²) in [5.41, 5.74) is 1.57. The maximum Gasteiger partial charge on any atom is 0.326 e. The van der Waals surface area contributed by atoms with Crippen molar-refractivity contribution in [1.82, 2.24) is 14.9 Å². The summed E-state index contributed by atoms with van der Waals surface area (Å²) >= 11 is 0. The highest BCUT2D eigenvalue weighted by atomic mass is 16.4. The zero-order valence-corrected chi connectivity index (χ0v) is 12.4. The molecule has 2 unspecified atom stereocenters. The van der Waals surface area contributed by atoms with E-state index in [9.17, 15) is 14.7 Å². The molecule has 2 N–H and O–H groups in total. The van der Waals surface area contributed by atoms with Crippen LogP contribution >= 0.6 is 0 Å². The molecule has 3 rings (SSSR count). The molecule has 1 aliphatic carbocycles. The van der Waals surface area contributed by atoms with E-state index in [0.717, 1.165) is 30.7 Å². The average molecular weight is 291 g/mol.